The third kappa shape index (κ3) is 3.74. The first-order chi connectivity index (χ1) is 6.18. The Bertz CT molecular complexity index is 292. The molecule has 0 saturated carbocycles. The van der Waals surface area contributed by atoms with Crippen molar-refractivity contribution >= 4 is 5.69 Å². The van der Waals surface area contributed by atoms with Gasteiger partial charge < -0.3 is 5.32 Å². The molecule has 2 nitrogen and oxygen atoms in total. The molecular weight excluding hydrogens is 160 g/mol. The normalized spacial score (nSPS) is 9.69. The minimum absolute atomic E-state index is 0.943. The van der Waals surface area contributed by atoms with Crippen molar-refractivity contribution in [2.24, 2.45) is 0 Å². The van der Waals surface area contributed by atoms with Crippen LogP contribution in [0.15, 0.2) is 30.5 Å². The van der Waals surface area contributed by atoms with Gasteiger partial charge in [-0.2, -0.15) is 0 Å². The van der Waals surface area contributed by atoms with E-state index in [0.29, 0.717) is 0 Å². The molecule has 1 N–H and O–H groups in total. The summed E-state index contributed by atoms with van der Waals surface area (Å²) in [4.78, 5) is 4.13. The molecule has 13 heavy (non-hydrogen) atoms. The van der Waals surface area contributed by atoms with Crippen LogP contribution in [0.25, 0.3) is 0 Å². The van der Waals surface area contributed by atoms with Crippen molar-refractivity contribution in [1.29, 1.82) is 0 Å². The average molecular weight is 176 g/mol. The Morgan fingerprint density at radius 3 is 3.00 bits per heavy atom. The molecule has 1 rings (SSSR count). The molecule has 70 valence electrons. The molecule has 0 aliphatic carbocycles. The lowest BCUT2D eigenvalue weighted by atomic mass is 10.2. The molecule has 1 aromatic heterocycles. The second-order valence-corrected chi connectivity index (χ2v) is 3.32. The van der Waals surface area contributed by atoms with Gasteiger partial charge in [-0.1, -0.05) is 5.57 Å². The number of nitrogens with zero attached hydrogens (tertiary/aromatic N) is 1. The fourth-order valence-corrected chi connectivity index (χ4v) is 1.08. The fraction of sp³-hybridized carbons (Fsp3) is 0.364. The summed E-state index contributed by atoms with van der Waals surface area (Å²) in [7, 11) is 0. The molecule has 0 amide bonds. The van der Waals surface area contributed by atoms with Crippen LogP contribution in [0.5, 0.6) is 0 Å². The van der Waals surface area contributed by atoms with Gasteiger partial charge in [-0.05, 0) is 32.4 Å². The zero-order chi connectivity index (χ0) is 9.68. The number of hydrogen-bond acceptors (Lipinski definition) is 2. The maximum absolute atomic E-state index is 4.13. The largest absolute Gasteiger partial charge is 0.385 e. The number of pyridine rings is 1. The maximum atomic E-state index is 4.13. The van der Waals surface area contributed by atoms with Crippen molar-refractivity contribution in [2.45, 2.75) is 20.3 Å². The van der Waals surface area contributed by atoms with Crippen molar-refractivity contribution in [2.75, 3.05) is 11.9 Å². The SMILES string of the molecule is C=C(C)CCNc1ccnc(C)c1. The van der Waals surface area contributed by atoms with E-state index >= 15 is 0 Å². The van der Waals surface area contributed by atoms with E-state index in [-0.39, 0.29) is 0 Å². The highest BCUT2D eigenvalue weighted by Crippen LogP contribution is 2.07. The Morgan fingerprint density at radius 1 is 1.62 bits per heavy atom. The second-order valence-electron chi connectivity index (χ2n) is 3.32. The van der Waals surface area contributed by atoms with E-state index in [1.165, 1.54) is 5.57 Å². The minimum Gasteiger partial charge on any atom is -0.385 e. The highest BCUT2D eigenvalue weighted by molar-refractivity contribution is 5.42. The molecule has 1 aromatic rings. The average Bonchev–Trinajstić information content (AvgIpc) is 2.03. The van der Waals surface area contributed by atoms with Crippen molar-refractivity contribution in [1.82, 2.24) is 4.98 Å². The summed E-state index contributed by atoms with van der Waals surface area (Å²) in [5, 5.41) is 3.32. The Kier molecular flexibility index (Phi) is 3.50. The lowest BCUT2D eigenvalue weighted by Crippen LogP contribution is -2.01. The van der Waals surface area contributed by atoms with Crippen LogP contribution in [0.3, 0.4) is 0 Å². The van der Waals surface area contributed by atoms with Crippen molar-refractivity contribution < 1.29 is 0 Å². The number of hydrogen-bond donors (Lipinski definition) is 1. The first-order valence-corrected chi connectivity index (χ1v) is 4.49. The number of aromatic nitrogens is 1. The fourth-order valence-electron chi connectivity index (χ4n) is 1.08. The zero-order valence-electron chi connectivity index (χ0n) is 8.30. The van der Waals surface area contributed by atoms with Crippen molar-refractivity contribution in [3.8, 4) is 0 Å². The first-order valence-electron chi connectivity index (χ1n) is 4.49. The molecule has 0 aliphatic rings. The van der Waals surface area contributed by atoms with Gasteiger partial charge in [-0.25, -0.2) is 0 Å². The van der Waals surface area contributed by atoms with E-state index in [1.54, 1.807) is 0 Å². The van der Waals surface area contributed by atoms with E-state index in [9.17, 15) is 0 Å². The third-order valence-corrected chi connectivity index (χ3v) is 1.78. The Labute approximate surface area is 79.7 Å². The van der Waals surface area contributed by atoms with Gasteiger partial charge in [0.15, 0.2) is 0 Å². The molecule has 0 spiro atoms. The van der Waals surface area contributed by atoms with E-state index in [4.69, 9.17) is 0 Å². The van der Waals surface area contributed by atoms with E-state index in [0.717, 1.165) is 24.3 Å². The van der Waals surface area contributed by atoms with Crippen LogP contribution < -0.4 is 5.32 Å². The maximum Gasteiger partial charge on any atom is 0.0393 e. The second kappa shape index (κ2) is 4.65. The van der Waals surface area contributed by atoms with Gasteiger partial charge >= 0.3 is 0 Å². The minimum atomic E-state index is 0.943. The number of aryl methyl sites for hydroxylation is 1. The summed E-state index contributed by atoms with van der Waals surface area (Å²) in [6, 6.07) is 4.02. The summed E-state index contributed by atoms with van der Waals surface area (Å²) in [5.41, 5.74) is 3.38. The zero-order valence-corrected chi connectivity index (χ0v) is 8.30. The summed E-state index contributed by atoms with van der Waals surface area (Å²) in [5.74, 6) is 0. The molecule has 0 aliphatic heterocycles. The van der Waals surface area contributed by atoms with E-state index < -0.39 is 0 Å². The van der Waals surface area contributed by atoms with Gasteiger partial charge in [0.1, 0.15) is 0 Å². The van der Waals surface area contributed by atoms with Crippen LogP contribution in [0, 0.1) is 6.92 Å². The highest BCUT2D eigenvalue weighted by atomic mass is 14.9. The number of nitrogens with one attached hydrogen (secondary N) is 1. The predicted molar refractivity (Wildman–Crippen MR) is 56.9 cm³/mol. The summed E-state index contributed by atoms with van der Waals surface area (Å²) in [6.45, 7) is 8.83. The molecule has 0 atom stereocenters. The third-order valence-electron chi connectivity index (χ3n) is 1.78. The van der Waals surface area contributed by atoms with Gasteiger partial charge in [0.05, 0.1) is 0 Å². The van der Waals surface area contributed by atoms with Crippen LogP contribution in [0.2, 0.25) is 0 Å². The summed E-state index contributed by atoms with van der Waals surface area (Å²) >= 11 is 0. The van der Waals surface area contributed by atoms with Crippen molar-refractivity contribution in [3.63, 3.8) is 0 Å². The molecule has 0 bridgehead atoms. The monoisotopic (exact) mass is 176 g/mol. The first kappa shape index (κ1) is 9.78. The molecule has 1 heterocycles. The van der Waals surface area contributed by atoms with Crippen LogP contribution in [-0.2, 0) is 0 Å². The predicted octanol–water partition coefficient (Wildman–Crippen LogP) is 2.77. The highest BCUT2D eigenvalue weighted by Gasteiger charge is 1.92. The van der Waals surface area contributed by atoms with Crippen LogP contribution in [0.4, 0.5) is 5.69 Å². The molecule has 0 radical (unpaired) electrons. The number of rotatable bonds is 4. The van der Waals surface area contributed by atoms with Gasteiger partial charge in [-0.3, -0.25) is 4.98 Å². The molecule has 2 heteroatoms. The molecule has 0 saturated heterocycles. The smallest absolute Gasteiger partial charge is 0.0393 e. The van der Waals surface area contributed by atoms with Gasteiger partial charge in [0, 0.05) is 24.1 Å². The standard InChI is InChI=1S/C11H16N2/c1-9(2)4-6-13-11-5-7-12-10(3)8-11/h5,7-8H,1,4,6H2,2-3H3,(H,12,13). The Balaban J connectivity index is 2.41. The lowest BCUT2D eigenvalue weighted by Gasteiger charge is -2.05. The Morgan fingerprint density at radius 2 is 2.38 bits per heavy atom. The molecule has 0 aromatic carbocycles. The van der Waals surface area contributed by atoms with E-state index in [1.807, 2.05) is 32.2 Å². The topological polar surface area (TPSA) is 24.9 Å². The van der Waals surface area contributed by atoms with Gasteiger partial charge in [0.25, 0.3) is 0 Å². The van der Waals surface area contributed by atoms with Crippen LogP contribution >= 0.6 is 0 Å². The van der Waals surface area contributed by atoms with Crippen LogP contribution in [-0.4, -0.2) is 11.5 Å². The molecule has 0 unspecified atom stereocenters. The van der Waals surface area contributed by atoms with E-state index in [2.05, 4.69) is 16.9 Å². The Hall–Kier alpha value is -1.31. The quantitative estimate of drug-likeness (QED) is 0.713. The van der Waals surface area contributed by atoms with Crippen LogP contribution in [0.1, 0.15) is 19.0 Å². The lowest BCUT2D eigenvalue weighted by molar-refractivity contribution is 1.000. The molecule has 0 fully saturated rings. The molecular formula is C11H16N2. The number of anilines is 1. The summed E-state index contributed by atoms with van der Waals surface area (Å²) < 4.78 is 0. The van der Waals surface area contributed by atoms with Crippen molar-refractivity contribution in [3.05, 3.63) is 36.2 Å². The van der Waals surface area contributed by atoms with Gasteiger partial charge in [0.2, 0.25) is 0 Å². The van der Waals surface area contributed by atoms with Gasteiger partial charge in [-0.15, -0.1) is 6.58 Å². The summed E-state index contributed by atoms with van der Waals surface area (Å²) in [6.07, 6.45) is 2.83.